The normalized spacial score (nSPS) is 10.9. The van der Waals surface area contributed by atoms with Gasteiger partial charge in [0.2, 0.25) is 21.8 Å². The standard InChI is InChI=1S/C16H18N4O4S/c1-12(21)20-14-2-4-15(5-3-14)25(23,24)19-11-16(22)18-10-13-6-8-17-9-7-13/h2-9,19H,10-11H2,1H3,(H,18,22)(H,20,21). The number of hydrogen-bond acceptors (Lipinski definition) is 5. The van der Waals surface area contributed by atoms with Crippen molar-refractivity contribution in [3.05, 3.63) is 54.4 Å². The molecule has 0 unspecified atom stereocenters. The first kappa shape index (κ1) is 18.6. The predicted octanol–water partition coefficient (Wildman–Crippen LogP) is 0.635. The molecule has 2 aromatic rings. The van der Waals surface area contributed by atoms with Gasteiger partial charge in [-0.1, -0.05) is 0 Å². The van der Waals surface area contributed by atoms with E-state index in [1.807, 2.05) is 0 Å². The van der Waals surface area contributed by atoms with Gasteiger partial charge in [-0.3, -0.25) is 14.6 Å². The van der Waals surface area contributed by atoms with E-state index in [1.165, 1.54) is 31.2 Å². The third-order valence-corrected chi connectivity index (χ3v) is 4.56. The average molecular weight is 362 g/mol. The van der Waals surface area contributed by atoms with Crippen molar-refractivity contribution >= 4 is 27.5 Å². The molecule has 0 bridgehead atoms. The van der Waals surface area contributed by atoms with Gasteiger partial charge in [-0.15, -0.1) is 0 Å². The van der Waals surface area contributed by atoms with Gasteiger partial charge in [0.05, 0.1) is 11.4 Å². The molecular weight excluding hydrogens is 344 g/mol. The molecule has 1 aromatic carbocycles. The molecular formula is C16H18N4O4S. The Balaban J connectivity index is 1.88. The molecule has 132 valence electrons. The van der Waals surface area contributed by atoms with Crippen LogP contribution in [0, 0.1) is 0 Å². The van der Waals surface area contributed by atoms with Gasteiger partial charge >= 0.3 is 0 Å². The fourth-order valence-electron chi connectivity index (χ4n) is 1.93. The van der Waals surface area contributed by atoms with Crippen LogP contribution in [-0.4, -0.2) is 31.8 Å². The minimum atomic E-state index is -3.82. The maximum atomic E-state index is 12.2. The van der Waals surface area contributed by atoms with Crippen molar-refractivity contribution in [2.75, 3.05) is 11.9 Å². The first-order valence-corrected chi connectivity index (χ1v) is 8.88. The number of pyridine rings is 1. The van der Waals surface area contributed by atoms with Crippen molar-refractivity contribution in [2.45, 2.75) is 18.4 Å². The zero-order valence-corrected chi connectivity index (χ0v) is 14.3. The molecule has 2 rings (SSSR count). The molecule has 0 radical (unpaired) electrons. The fraction of sp³-hybridized carbons (Fsp3) is 0.188. The molecule has 0 atom stereocenters. The van der Waals surface area contributed by atoms with Crippen LogP contribution in [0.4, 0.5) is 5.69 Å². The number of anilines is 1. The molecule has 1 heterocycles. The molecule has 0 aliphatic heterocycles. The first-order valence-electron chi connectivity index (χ1n) is 7.40. The maximum absolute atomic E-state index is 12.2. The Hall–Kier alpha value is -2.78. The molecule has 0 fully saturated rings. The summed E-state index contributed by atoms with van der Waals surface area (Å²) in [5.74, 6) is -0.699. The Morgan fingerprint density at radius 3 is 2.28 bits per heavy atom. The fourth-order valence-corrected chi connectivity index (χ4v) is 2.91. The molecule has 0 saturated carbocycles. The minimum Gasteiger partial charge on any atom is -0.351 e. The first-order chi connectivity index (χ1) is 11.9. The van der Waals surface area contributed by atoms with Gasteiger partial charge in [-0.05, 0) is 42.0 Å². The van der Waals surface area contributed by atoms with Gasteiger partial charge < -0.3 is 10.6 Å². The highest BCUT2D eigenvalue weighted by molar-refractivity contribution is 7.89. The van der Waals surface area contributed by atoms with E-state index in [2.05, 4.69) is 20.3 Å². The van der Waals surface area contributed by atoms with Gasteiger partial charge in [-0.2, -0.15) is 0 Å². The number of carbonyl (C=O) groups is 2. The lowest BCUT2D eigenvalue weighted by molar-refractivity contribution is -0.120. The van der Waals surface area contributed by atoms with Crippen LogP contribution in [0.2, 0.25) is 0 Å². The number of nitrogens with one attached hydrogen (secondary N) is 3. The average Bonchev–Trinajstić information content (AvgIpc) is 2.59. The maximum Gasteiger partial charge on any atom is 0.241 e. The Morgan fingerprint density at radius 1 is 1.04 bits per heavy atom. The number of sulfonamides is 1. The molecule has 25 heavy (non-hydrogen) atoms. The molecule has 0 aliphatic rings. The summed E-state index contributed by atoms with van der Waals surface area (Å²) in [7, 11) is -3.82. The lowest BCUT2D eigenvalue weighted by Crippen LogP contribution is -2.36. The molecule has 1 aromatic heterocycles. The minimum absolute atomic E-state index is 0.00327. The van der Waals surface area contributed by atoms with E-state index in [1.54, 1.807) is 24.5 Å². The van der Waals surface area contributed by atoms with Crippen LogP contribution >= 0.6 is 0 Å². The van der Waals surface area contributed by atoms with E-state index in [0.717, 1.165) is 5.56 Å². The smallest absolute Gasteiger partial charge is 0.241 e. The van der Waals surface area contributed by atoms with Crippen LogP contribution in [0.5, 0.6) is 0 Å². The van der Waals surface area contributed by atoms with Gasteiger partial charge in [0.25, 0.3) is 0 Å². The zero-order chi connectivity index (χ0) is 18.3. The summed E-state index contributed by atoms with van der Waals surface area (Å²) < 4.78 is 26.5. The lowest BCUT2D eigenvalue weighted by Gasteiger charge is -2.09. The van der Waals surface area contributed by atoms with E-state index < -0.39 is 15.9 Å². The molecule has 2 amide bonds. The quantitative estimate of drug-likeness (QED) is 0.668. The number of rotatable bonds is 7. The molecule has 0 spiro atoms. The Morgan fingerprint density at radius 2 is 1.68 bits per heavy atom. The third kappa shape index (κ3) is 5.98. The van der Waals surface area contributed by atoms with E-state index in [4.69, 9.17) is 0 Å². The van der Waals surface area contributed by atoms with Crippen molar-refractivity contribution in [3.63, 3.8) is 0 Å². The highest BCUT2D eigenvalue weighted by atomic mass is 32.2. The zero-order valence-electron chi connectivity index (χ0n) is 13.5. The lowest BCUT2D eigenvalue weighted by atomic mass is 10.3. The topological polar surface area (TPSA) is 117 Å². The Kier molecular flexibility index (Phi) is 6.20. The SMILES string of the molecule is CC(=O)Nc1ccc(S(=O)(=O)NCC(=O)NCc2ccncc2)cc1. The predicted molar refractivity (Wildman–Crippen MR) is 92.0 cm³/mol. The van der Waals surface area contributed by atoms with Crippen molar-refractivity contribution in [1.82, 2.24) is 15.0 Å². The monoisotopic (exact) mass is 362 g/mol. The van der Waals surface area contributed by atoms with Crippen LogP contribution in [0.1, 0.15) is 12.5 Å². The van der Waals surface area contributed by atoms with Crippen molar-refractivity contribution in [3.8, 4) is 0 Å². The number of nitrogens with zero attached hydrogens (tertiary/aromatic N) is 1. The second kappa shape index (κ2) is 8.36. The van der Waals surface area contributed by atoms with E-state index >= 15 is 0 Å². The van der Waals surface area contributed by atoms with Crippen LogP contribution in [0.3, 0.4) is 0 Å². The number of aromatic nitrogens is 1. The van der Waals surface area contributed by atoms with Crippen molar-refractivity contribution in [1.29, 1.82) is 0 Å². The molecule has 8 nitrogen and oxygen atoms in total. The highest BCUT2D eigenvalue weighted by Crippen LogP contribution is 2.13. The molecule has 0 saturated heterocycles. The largest absolute Gasteiger partial charge is 0.351 e. The number of amides is 2. The van der Waals surface area contributed by atoms with Crippen molar-refractivity contribution < 1.29 is 18.0 Å². The Bertz CT molecular complexity index is 836. The summed E-state index contributed by atoms with van der Waals surface area (Å²) in [4.78, 5) is 26.6. The highest BCUT2D eigenvalue weighted by Gasteiger charge is 2.15. The Labute approximate surface area is 145 Å². The second-order valence-corrected chi connectivity index (χ2v) is 6.93. The van der Waals surface area contributed by atoms with E-state index in [9.17, 15) is 18.0 Å². The second-order valence-electron chi connectivity index (χ2n) is 5.16. The summed E-state index contributed by atoms with van der Waals surface area (Å²) in [6.07, 6.45) is 3.21. The van der Waals surface area contributed by atoms with E-state index in [-0.39, 0.29) is 23.9 Å². The van der Waals surface area contributed by atoms with Crippen LogP contribution in [0.15, 0.2) is 53.7 Å². The van der Waals surface area contributed by atoms with Crippen LogP contribution < -0.4 is 15.4 Å². The summed E-state index contributed by atoms with van der Waals surface area (Å²) >= 11 is 0. The molecule has 9 heteroatoms. The summed E-state index contributed by atoms with van der Waals surface area (Å²) in [5.41, 5.74) is 1.35. The van der Waals surface area contributed by atoms with Crippen LogP contribution in [0.25, 0.3) is 0 Å². The van der Waals surface area contributed by atoms with Crippen molar-refractivity contribution in [2.24, 2.45) is 0 Å². The van der Waals surface area contributed by atoms with Gasteiger partial charge in [0.15, 0.2) is 0 Å². The molecule has 0 aliphatic carbocycles. The van der Waals surface area contributed by atoms with Gasteiger partial charge in [-0.25, -0.2) is 13.1 Å². The van der Waals surface area contributed by atoms with E-state index in [0.29, 0.717) is 5.69 Å². The number of hydrogen-bond donors (Lipinski definition) is 3. The summed E-state index contributed by atoms with van der Waals surface area (Å²) in [5, 5.41) is 5.16. The number of carbonyl (C=O) groups excluding carboxylic acids is 2. The van der Waals surface area contributed by atoms with Crippen LogP contribution in [-0.2, 0) is 26.2 Å². The molecule has 3 N–H and O–H groups in total. The van der Waals surface area contributed by atoms with Gasteiger partial charge in [0.1, 0.15) is 0 Å². The van der Waals surface area contributed by atoms with Gasteiger partial charge in [0, 0.05) is 31.5 Å². The third-order valence-electron chi connectivity index (χ3n) is 3.15. The summed E-state index contributed by atoms with van der Waals surface area (Å²) in [6.45, 7) is 1.27. The number of benzene rings is 1. The summed E-state index contributed by atoms with van der Waals surface area (Å²) in [6, 6.07) is 9.14.